The van der Waals surface area contributed by atoms with Crippen molar-refractivity contribution in [2.75, 3.05) is 0 Å². The summed E-state index contributed by atoms with van der Waals surface area (Å²) in [7, 11) is -4.67. The smallest absolute Gasteiger partial charge is 1.00 e. The van der Waals surface area contributed by atoms with Crippen molar-refractivity contribution in [3.8, 4) is 0 Å². The summed E-state index contributed by atoms with van der Waals surface area (Å²) in [5.41, 5.74) is 0. The largest absolute Gasteiger partial charge is 2.00 e. The van der Waals surface area contributed by atoms with Crippen LogP contribution in [0.25, 0.3) is 0 Å². The summed E-state index contributed by atoms with van der Waals surface area (Å²) in [6.07, 6.45) is 0. The Morgan fingerprint density at radius 3 is 1.25 bits per heavy atom. The van der Waals surface area contributed by atoms with E-state index in [1.807, 2.05) is 0 Å². The van der Waals surface area contributed by atoms with E-state index in [-0.39, 0.29) is 124 Å². The maximum atomic E-state index is 8.74. The summed E-state index contributed by atoms with van der Waals surface area (Å²) in [6, 6.07) is 0. The second-order valence-electron chi connectivity index (χ2n) is 0.448. The first-order valence-electron chi connectivity index (χ1n) is 0.698. The van der Waals surface area contributed by atoms with Crippen molar-refractivity contribution in [1.82, 2.24) is 0 Å². The van der Waals surface area contributed by atoms with Crippen LogP contribution in [0.3, 0.4) is 0 Å². The Hall–Kier alpha value is 3.77. The van der Waals surface area contributed by atoms with Crippen LogP contribution < -0.4 is 80.9 Å². The van der Waals surface area contributed by atoms with Crippen LogP contribution in [0.4, 0.5) is 0 Å². The fraction of sp³-hybridized carbons (Fsp3) is 0. The van der Waals surface area contributed by atoms with Crippen LogP contribution in [-0.4, -0.2) is 55.3 Å². The van der Waals surface area contributed by atoms with Crippen LogP contribution in [0.1, 0.15) is 5.71 Å². The molecule has 0 spiro atoms. The molecule has 0 atom stereocenters. The average molecular weight is 204 g/mol. The van der Waals surface area contributed by atoms with Gasteiger partial charge in [-0.15, -0.1) is 0 Å². The van der Waals surface area contributed by atoms with E-state index in [1.165, 1.54) is 0 Å². The van der Waals surface area contributed by atoms with Gasteiger partial charge in [-0.05, 0) is 0 Å². The summed E-state index contributed by atoms with van der Waals surface area (Å²) in [6.45, 7) is 0. The van der Waals surface area contributed by atoms with Crippen molar-refractivity contribution in [3.05, 3.63) is 0 Å². The van der Waals surface area contributed by atoms with Crippen LogP contribution in [0, 0.1) is 0 Å². The zero-order valence-corrected chi connectivity index (χ0v) is 13.0. The standard InChI is InChI=1S/Ca.K.Na.H2O4S.4H/c;;;1-5(2,3)4;;;;/h;;;(H2,1,2,3,4);;;;/q+2;2*+1;;4*-1. The maximum Gasteiger partial charge on any atom is 2.00 e. The SMILES string of the molecule is O=S(=O)(O)O.[Ca+2].[H-].[H-].[H-].[H-].[K+].[Na+]. The molecule has 40 valence electrons. The minimum atomic E-state index is -4.67. The predicted molar refractivity (Wildman–Crippen MR) is 24.4 cm³/mol. The average Bonchev–Trinajstić information content (AvgIpc) is 0.722. The summed E-state index contributed by atoms with van der Waals surface area (Å²) in [5, 5.41) is 0. The second kappa shape index (κ2) is 10.8. The van der Waals surface area contributed by atoms with Crippen LogP contribution in [0.2, 0.25) is 0 Å². The van der Waals surface area contributed by atoms with Crippen LogP contribution in [0.15, 0.2) is 0 Å². The van der Waals surface area contributed by atoms with Crippen molar-refractivity contribution in [1.29, 1.82) is 0 Å². The first kappa shape index (κ1) is 22.6. The first-order valence-corrected chi connectivity index (χ1v) is 2.10. The number of hydrogen-bond donors (Lipinski definition) is 2. The van der Waals surface area contributed by atoms with Gasteiger partial charge in [0.25, 0.3) is 0 Å². The zero-order valence-electron chi connectivity index (χ0n) is 8.83. The maximum absolute atomic E-state index is 8.74. The third-order valence-corrected chi connectivity index (χ3v) is 0. The molecule has 0 saturated heterocycles. The monoisotopic (exact) mass is 204 g/mol. The van der Waals surface area contributed by atoms with Gasteiger partial charge in [0.1, 0.15) is 0 Å². The first-order chi connectivity index (χ1) is 2.00. The second-order valence-corrected chi connectivity index (χ2v) is 1.34. The molecule has 0 bridgehead atoms. The van der Waals surface area contributed by atoms with Gasteiger partial charge < -0.3 is 5.71 Å². The van der Waals surface area contributed by atoms with E-state index in [0.29, 0.717) is 0 Å². The van der Waals surface area contributed by atoms with Gasteiger partial charge >= 0.3 is 129 Å². The molecule has 0 aromatic rings. The van der Waals surface area contributed by atoms with Gasteiger partial charge in [0.2, 0.25) is 0 Å². The molecule has 0 fully saturated rings. The Labute approximate surface area is 148 Å². The van der Waals surface area contributed by atoms with E-state index >= 15 is 0 Å². The third kappa shape index (κ3) is 52.9. The zero-order chi connectivity index (χ0) is 4.50. The molecule has 0 saturated carbocycles. The summed E-state index contributed by atoms with van der Waals surface area (Å²) in [4.78, 5) is 0. The fourth-order valence-electron chi connectivity index (χ4n) is 0. The summed E-state index contributed by atoms with van der Waals surface area (Å²) in [5.74, 6) is 0. The summed E-state index contributed by atoms with van der Waals surface area (Å²) < 4.78 is 31.6. The molecule has 0 radical (unpaired) electrons. The molecule has 0 amide bonds. The van der Waals surface area contributed by atoms with Crippen molar-refractivity contribution in [2.45, 2.75) is 0 Å². The van der Waals surface area contributed by atoms with Crippen LogP contribution in [0.5, 0.6) is 0 Å². The molecule has 0 aliphatic heterocycles. The van der Waals surface area contributed by atoms with Gasteiger partial charge in [-0.3, -0.25) is 9.11 Å². The van der Waals surface area contributed by atoms with Gasteiger partial charge in [-0.2, -0.15) is 8.42 Å². The molecule has 0 unspecified atom stereocenters. The van der Waals surface area contributed by atoms with Crippen molar-refractivity contribution >= 4 is 48.1 Å². The van der Waals surface area contributed by atoms with Gasteiger partial charge in [-0.1, -0.05) is 0 Å². The molecular formula is H6CaKNaO4S. The molecule has 0 aliphatic rings. The molecule has 0 rings (SSSR count). The quantitative estimate of drug-likeness (QED) is 0.304. The van der Waals surface area contributed by atoms with E-state index in [9.17, 15) is 0 Å². The van der Waals surface area contributed by atoms with Crippen LogP contribution >= 0.6 is 0 Å². The van der Waals surface area contributed by atoms with E-state index in [4.69, 9.17) is 17.5 Å². The molecule has 0 aromatic heterocycles. The topological polar surface area (TPSA) is 74.6 Å². The molecule has 8 heteroatoms. The number of hydrogen-bond acceptors (Lipinski definition) is 2. The van der Waals surface area contributed by atoms with E-state index in [0.717, 1.165) is 0 Å². The van der Waals surface area contributed by atoms with Crippen LogP contribution in [-0.2, 0) is 10.4 Å². The Kier molecular flexibility index (Phi) is 30.4. The van der Waals surface area contributed by atoms with Crippen molar-refractivity contribution < 1.29 is 104 Å². The molecule has 0 aliphatic carbocycles. The number of rotatable bonds is 0. The van der Waals surface area contributed by atoms with E-state index in [2.05, 4.69) is 0 Å². The molecule has 0 heterocycles. The minimum Gasteiger partial charge on any atom is -1.00 e. The Balaban J connectivity index is -0.00000000381. The molecule has 8 heavy (non-hydrogen) atoms. The van der Waals surface area contributed by atoms with E-state index in [1.54, 1.807) is 0 Å². The third-order valence-electron chi connectivity index (χ3n) is 0. The molecule has 4 nitrogen and oxygen atoms in total. The van der Waals surface area contributed by atoms with Gasteiger partial charge in [0, 0.05) is 0 Å². The summed E-state index contributed by atoms with van der Waals surface area (Å²) >= 11 is 0. The van der Waals surface area contributed by atoms with Gasteiger partial charge in [0.15, 0.2) is 0 Å². The predicted octanol–water partition coefficient (Wildman–Crippen LogP) is -6.58. The Morgan fingerprint density at radius 2 is 1.25 bits per heavy atom. The molecule has 2 N–H and O–H groups in total. The normalized spacial score (nSPS) is 7.25. The fourth-order valence-corrected chi connectivity index (χ4v) is 0. The molecular weight excluding hydrogens is 198 g/mol. The minimum absolute atomic E-state index is 0. The Morgan fingerprint density at radius 1 is 1.25 bits per heavy atom. The van der Waals surface area contributed by atoms with Gasteiger partial charge in [0.05, 0.1) is 0 Å². The van der Waals surface area contributed by atoms with Crippen molar-refractivity contribution in [3.63, 3.8) is 0 Å². The Bertz CT molecular complexity index is 110. The molecule has 0 aromatic carbocycles. The van der Waals surface area contributed by atoms with Crippen molar-refractivity contribution in [2.24, 2.45) is 0 Å². The van der Waals surface area contributed by atoms with Gasteiger partial charge in [-0.25, -0.2) is 0 Å². The van der Waals surface area contributed by atoms with E-state index < -0.39 is 10.4 Å².